The predicted molar refractivity (Wildman–Crippen MR) is 73.0 cm³/mol. The molecule has 1 aromatic rings. The third-order valence-corrected chi connectivity index (χ3v) is 3.80. The number of halogens is 2. The smallest absolute Gasteiger partial charge is 0.130 e. The third-order valence-electron chi connectivity index (χ3n) is 3.80. The Labute approximate surface area is 114 Å². The molecule has 1 saturated heterocycles. The molecule has 0 N–H and O–H groups in total. The number of benzene rings is 1. The van der Waals surface area contributed by atoms with Crippen LogP contribution in [0.1, 0.15) is 25.8 Å². The van der Waals surface area contributed by atoms with E-state index in [2.05, 4.69) is 23.6 Å². The molecule has 0 amide bonds. The minimum absolute atomic E-state index is 0.195. The second-order valence-electron chi connectivity index (χ2n) is 5.46. The Kier molecular flexibility index (Phi) is 4.88. The van der Waals surface area contributed by atoms with Crippen molar-refractivity contribution in [3.63, 3.8) is 0 Å². The first kappa shape index (κ1) is 14.4. The normalized spacial score (nSPS) is 18.8. The van der Waals surface area contributed by atoms with Gasteiger partial charge in [0.1, 0.15) is 11.6 Å². The lowest BCUT2D eigenvalue weighted by molar-refractivity contribution is 0.216. The minimum atomic E-state index is -0.440. The van der Waals surface area contributed by atoms with E-state index in [1.807, 2.05) is 0 Å². The predicted octanol–water partition coefficient (Wildman–Crippen LogP) is 2.88. The second-order valence-corrected chi connectivity index (χ2v) is 5.46. The van der Waals surface area contributed by atoms with Crippen molar-refractivity contribution in [2.75, 3.05) is 26.2 Å². The molecule has 106 valence electrons. The van der Waals surface area contributed by atoms with E-state index in [1.54, 1.807) is 0 Å². The molecule has 1 aromatic carbocycles. The SMILES string of the molecule is CC(C)N1CCCN(Cc2c(F)cccc2F)CC1. The van der Waals surface area contributed by atoms with Crippen LogP contribution in [0.2, 0.25) is 0 Å². The standard InChI is InChI=1S/C15H22F2N2/c1-12(2)19-8-4-7-18(9-10-19)11-13-14(16)5-3-6-15(13)17/h3,5-6,12H,4,7-11H2,1-2H3. The lowest BCUT2D eigenvalue weighted by Gasteiger charge is -2.25. The average Bonchev–Trinajstić information content (AvgIpc) is 2.59. The topological polar surface area (TPSA) is 6.48 Å². The molecular weight excluding hydrogens is 246 g/mol. The Balaban J connectivity index is 2.00. The summed E-state index contributed by atoms with van der Waals surface area (Å²) in [6, 6.07) is 4.61. The summed E-state index contributed by atoms with van der Waals surface area (Å²) in [6.45, 7) is 8.54. The molecule has 2 nitrogen and oxygen atoms in total. The second kappa shape index (κ2) is 6.44. The molecule has 1 fully saturated rings. The Morgan fingerprint density at radius 3 is 2.37 bits per heavy atom. The van der Waals surface area contributed by atoms with Crippen molar-refractivity contribution in [1.82, 2.24) is 9.80 Å². The van der Waals surface area contributed by atoms with E-state index in [9.17, 15) is 8.78 Å². The molecule has 1 heterocycles. The highest BCUT2D eigenvalue weighted by atomic mass is 19.1. The molecule has 0 radical (unpaired) electrons. The Hall–Kier alpha value is -1.00. The molecule has 1 aliphatic rings. The quantitative estimate of drug-likeness (QED) is 0.831. The summed E-state index contributed by atoms with van der Waals surface area (Å²) < 4.78 is 27.3. The van der Waals surface area contributed by atoms with Gasteiger partial charge in [-0.2, -0.15) is 0 Å². The van der Waals surface area contributed by atoms with Gasteiger partial charge in [0.25, 0.3) is 0 Å². The van der Waals surface area contributed by atoms with Gasteiger partial charge in [-0.15, -0.1) is 0 Å². The zero-order valence-corrected chi connectivity index (χ0v) is 11.7. The van der Waals surface area contributed by atoms with E-state index in [4.69, 9.17) is 0 Å². The largest absolute Gasteiger partial charge is 0.300 e. The molecule has 0 unspecified atom stereocenters. The summed E-state index contributed by atoms with van der Waals surface area (Å²) >= 11 is 0. The van der Waals surface area contributed by atoms with Crippen molar-refractivity contribution in [1.29, 1.82) is 0 Å². The fourth-order valence-electron chi connectivity index (χ4n) is 2.57. The van der Waals surface area contributed by atoms with Gasteiger partial charge in [0.2, 0.25) is 0 Å². The van der Waals surface area contributed by atoms with E-state index in [0.717, 1.165) is 32.6 Å². The zero-order valence-electron chi connectivity index (χ0n) is 11.7. The average molecular weight is 268 g/mol. The first-order chi connectivity index (χ1) is 9.08. The van der Waals surface area contributed by atoms with Gasteiger partial charge in [0.05, 0.1) is 0 Å². The van der Waals surface area contributed by atoms with E-state index in [0.29, 0.717) is 12.6 Å². The Morgan fingerprint density at radius 2 is 1.74 bits per heavy atom. The number of nitrogens with zero attached hydrogens (tertiary/aromatic N) is 2. The van der Waals surface area contributed by atoms with Crippen LogP contribution < -0.4 is 0 Å². The summed E-state index contributed by atoms with van der Waals surface area (Å²) in [6.07, 6.45) is 1.05. The maximum absolute atomic E-state index is 13.6. The zero-order chi connectivity index (χ0) is 13.8. The number of rotatable bonds is 3. The van der Waals surface area contributed by atoms with Gasteiger partial charge in [0.15, 0.2) is 0 Å². The fourth-order valence-corrected chi connectivity index (χ4v) is 2.57. The first-order valence-corrected chi connectivity index (χ1v) is 6.97. The van der Waals surface area contributed by atoms with Crippen LogP contribution in [0.25, 0.3) is 0 Å². The molecule has 0 aromatic heterocycles. The van der Waals surface area contributed by atoms with Gasteiger partial charge >= 0.3 is 0 Å². The molecule has 0 bridgehead atoms. The van der Waals surface area contributed by atoms with Gasteiger partial charge in [0, 0.05) is 31.2 Å². The van der Waals surface area contributed by atoms with Crippen LogP contribution in [0.5, 0.6) is 0 Å². The Morgan fingerprint density at radius 1 is 1.05 bits per heavy atom. The maximum Gasteiger partial charge on any atom is 0.130 e. The Bertz CT molecular complexity index is 400. The van der Waals surface area contributed by atoms with Gasteiger partial charge in [-0.3, -0.25) is 9.80 Å². The molecule has 0 atom stereocenters. The third kappa shape index (κ3) is 3.74. The van der Waals surface area contributed by atoms with Crippen molar-refractivity contribution < 1.29 is 8.78 Å². The van der Waals surface area contributed by atoms with Crippen LogP contribution in [-0.4, -0.2) is 42.0 Å². The van der Waals surface area contributed by atoms with Gasteiger partial charge < -0.3 is 0 Å². The van der Waals surface area contributed by atoms with Crippen LogP contribution >= 0.6 is 0 Å². The van der Waals surface area contributed by atoms with E-state index >= 15 is 0 Å². The van der Waals surface area contributed by atoms with E-state index in [1.165, 1.54) is 18.2 Å². The highest BCUT2D eigenvalue weighted by Gasteiger charge is 2.19. The van der Waals surface area contributed by atoms with E-state index in [-0.39, 0.29) is 5.56 Å². The highest BCUT2D eigenvalue weighted by Crippen LogP contribution is 2.16. The lowest BCUT2D eigenvalue weighted by atomic mass is 10.2. The van der Waals surface area contributed by atoms with Crippen molar-refractivity contribution in [2.45, 2.75) is 32.9 Å². The molecule has 0 spiro atoms. The monoisotopic (exact) mass is 268 g/mol. The van der Waals surface area contributed by atoms with Crippen LogP contribution in [0.4, 0.5) is 8.78 Å². The number of hydrogen-bond acceptors (Lipinski definition) is 2. The molecule has 0 aliphatic carbocycles. The summed E-state index contributed by atoms with van der Waals surface area (Å²) in [5.74, 6) is -0.880. The molecule has 19 heavy (non-hydrogen) atoms. The summed E-state index contributed by atoms with van der Waals surface area (Å²) in [4.78, 5) is 4.56. The number of hydrogen-bond donors (Lipinski definition) is 0. The van der Waals surface area contributed by atoms with Gasteiger partial charge in [-0.05, 0) is 45.5 Å². The molecule has 1 aliphatic heterocycles. The van der Waals surface area contributed by atoms with Crippen LogP contribution in [0.3, 0.4) is 0 Å². The fraction of sp³-hybridized carbons (Fsp3) is 0.600. The summed E-state index contributed by atoms with van der Waals surface area (Å²) in [5.41, 5.74) is 0.195. The summed E-state index contributed by atoms with van der Waals surface area (Å²) in [5, 5.41) is 0. The molecule has 4 heteroatoms. The van der Waals surface area contributed by atoms with Crippen molar-refractivity contribution in [3.05, 3.63) is 35.4 Å². The van der Waals surface area contributed by atoms with Crippen LogP contribution in [-0.2, 0) is 6.54 Å². The van der Waals surface area contributed by atoms with Crippen molar-refractivity contribution in [2.24, 2.45) is 0 Å². The van der Waals surface area contributed by atoms with Crippen molar-refractivity contribution in [3.8, 4) is 0 Å². The van der Waals surface area contributed by atoms with Crippen LogP contribution in [0, 0.1) is 11.6 Å². The summed E-state index contributed by atoms with van der Waals surface area (Å²) in [7, 11) is 0. The molecule has 2 rings (SSSR count). The molecule has 0 saturated carbocycles. The first-order valence-electron chi connectivity index (χ1n) is 6.97. The van der Waals surface area contributed by atoms with Gasteiger partial charge in [-0.25, -0.2) is 8.78 Å². The maximum atomic E-state index is 13.6. The lowest BCUT2D eigenvalue weighted by Crippen LogP contribution is -2.35. The van der Waals surface area contributed by atoms with E-state index < -0.39 is 11.6 Å². The molecular formula is C15H22F2N2. The minimum Gasteiger partial charge on any atom is -0.300 e. The van der Waals surface area contributed by atoms with Crippen LogP contribution in [0.15, 0.2) is 18.2 Å². The van der Waals surface area contributed by atoms with Crippen molar-refractivity contribution >= 4 is 0 Å². The highest BCUT2D eigenvalue weighted by molar-refractivity contribution is 5.19. The van der Waals surface area contributed by atoms with Gasteiger partial charge in [-0.1, -0.05) is 6.07 Å².